The van der Waals surface area contributed by atoms with E-state index in [-0.39, 0.29) is 22.1 Å². The van der Waals surface area contributed by atoms with Crippen LogP contribution in [0.4, 0.5) is 10.1 Å². The predicted octanol–water partition coefficient (Wildman–Crippen LogP) is 6.51. The van der Waals surface area contributed by atoms with E-state index in [1.54, 1.807) is 0 Å². The minimum atomic E-state index is -0.746. The summed E-state index contributed by atoms with van der Waals surface area (Å²) in [6, 6.07) is 11.2. The summed E-state index contributed by atoms with van der Waals surface area (Å²) in [6.45, 7) is 20.1. The van der Waals surface area contributed by atoms with Gasteiger partial charge in [0, 0.05) is 0 Å². The highest BCUT2D eigenvalue weighted by molar-refractivity contribution is 5.73. The van der Waals surface area contributed by atoms with Crippen LogP contribution in [0, 0.1) is 23.7 Å². The van der Waals surface area contributed by atoms with E-state index < -0.39 is 5.82 Å². The fourth-order valence-electron chi connectivity index (χ4n) is 2.60. The Morgan fingerprint density at radius 2 is 1.36 bits per heavy atom. The summed E-state index contributed by atoms with van der Waals surface area (Å²) >= 11 is 0. The fraction of sp³-hybridized carbons (Fsp3) is 0.364. The van der Waals surface area contributed by atoms with E-state index in [0.29, 0.717) is 5.56 Å². The van der Waals surface area contributed by atoms with Gasteiger partial charge in [0.05, 0.1) is 12.1 Å². The lowest BCUT2D eigenvalue weighted by molar-refractivity contribution is 0.569. The van der Waals surface area contributed by atoms with Crippen LogP contribution in [0.2, 0.25) is 0 Å². The third-order valence-corrected chi connectivity index (χ3v) is 4.29. The highest BCUT2D eigenvalue weighted by Crippen LogP contribution is 2.36. The summed E-state index contributed by atoms with van der Waals surface area (Å²) < 4.78 is 14.1. The smallest absolute Gasteiger partial charge is 0.224 e. The molecule has 0 aliphatic heterocycles. The highest BCUT2D eigenvalue weighted by atomic mass is 19.1. The molecule has 0 aliphatic rings. The molecule has 0 amide bonds. The lowest BCUT2D eigenvalue weighted by Crippen LogP contribution is -2.16. The van der Waals surface area contributed by atoms with Crippen molar-refractivity contribution in [3.05, 3.63) is 64.3 Å². The van der Waals surface area contributed by atoms with Crippen molar-refractivity contribution >= 4 is 5.69 Å². The molecule has 0 heterocycles. The zero-order valence-electron chi connectivity index (χ0n) is 15.7. The van der Waals surface area contributed by atoms with Crippen LogP contribution in [0.3, 0.4) is 0 Å². The number of nitriles is 1. The number of halogens is 1. The molecular formula is C22H23FN2. The molecule has 0 aliphatic carbocycles. The molecule has 2 aromatic carbocycles. The molecular weight excluding hydrogens is 311 g/mol. The maximum absolute atomic E-state index is 14.1. The van der Waals surface area contributed by atoms with Crippen LogP contribution in [-0.2, 0) is 10.8 Å². The second kappa shape index (κ2) is 6.34. The lowest BCUT2D eigenvalue weighted by atomic mass is 9.79. The Balaban J connectivity index is 2.80. The Labute approximate surface area is 149 Å². The molecule has 0 radical (unpaired) electrons. The molecule has 2 nitrogen and oxygen atoms in total. The Kier molecular flexibility index (Phi) is 4.74. The molecule has 25 heavy (non-hydrogen) atoms. The minimum Gasteiger partial charge on any atom is -0.235 e. The zero-order valence-corrected chi connectivity index (χ0v) is 15.7. The molecule has 2 aromatic rings. The van der Waals surface area contributed by atoms with Crippen molar-refractivity contribution in [3.8, 4) is 17.2 Å². The van der Waals surface area contributed by atoms with Crippen LogP contribution in [0.15, 0.2) is 30.3 Å². The maximum atomic E-state index is 14.1. The molecule has 0 unspecified atom stereocenters. The van der Waals surface area contributed by atoms with Gasteiger partial charge in [0.15, 0.2) is 0 Å². The first kappa shape index (κ1) is 18.7. The van der Waals surface area contributed by atoms with E-state index in [2.05, 4.69) is 64.6 Å². The van der Waals surface area contributed by atoms with Crippen molar-refractivity contribution in [1.82, 2.24) is 0 Å². The van der Waals surface area contributed by atoms with Crippen LogP contribution < -0.4 is 0 Å². The normalized spacial score (nSPS) is 11.7. The van der Waals surface area contributed by atoms with Crippen LogP contribution in [-0.4, -0.2) is 0 Å². The van der Waals surface area contributed by atoms with E-state index in [0.717, 1.165) is 5.56 Å². The quantitative estimate of drug-likeness (QED) is 0.546. The van der Waals surface area contributed by atoms with Crippen LogP contribution >= 0.6 is 0 Å². The lowest BCUT2D eigenvalue weighted by Gasteiger charge is -2.26. The first-order valence-corrected chi connectivity index (χ1v) is 8.25. The number of hydrogen-bond donors (Lipinski definition) is 0. The van der Waals surface area contributed by atoms with E-state index in [9.17, 15) is 9.65 Å². The standard InChI is InChI=1S/C22H23FN2/c1-21(2,3)17-9-15(10-18(12-17)22(4,5)6)14-8-16(13-24)20(23)19(11-14)25-7/h8-12H,1-6H3. The molecule has 128 valence electrons. The average Bonchev–Trinajstić information content (AvgIpc) is 2.53. The van der Waals surface area contributed by atoms with Gasteiger partial charge in [-0.3, -0.25) is 0 Å². The van der Waals surface area contributed by atoms with E-state index in [1.807, 2.05) is 6.07 Å². The van der Waals surface area contributed by atoms with Crippen molar-refractivity contribution in [2.45, 2.75) is 52.4 Å². The summed E-state index contributed by atoms with van der Waals surface area (Å²) in [5, 5.41) is 9.18. The number of hydrogen-bond acceptors (Lipinski definition) is 1. The van der Waals surface area contributed by atoms with Crippen molar-refractivity contribution in [2.24, 2.45) is 0 Å². The summed E-state index contributed by atoms with van der Waals surface area (Å²) in [4.78, 5) is 3.23. The van der Waals surface area contributed by atoms with Crippen molar-refractivity contribution < 1.29 is 4.39 Å². The number of nitrogens with zero attached hydrogens (tertiary/aromatic N) is 2. The van der Waals surface area contributed by atoms with Gasteiger partial charge < -0.3 is 0 Å². The van der Waals surface area contributed by atoms with Gasteiger partial charge in [-0.05, 0) is 45.2 Å². The largest absolute Gasteiger partial charge is 0.235 e. The molecule has 0 N–H and O–H groups in total. The predicted molar refractivity (Wildman–Crippen MR) is 100 cm³/mol. The Morgan fingerprint density at radius 1 is 0.880 bits per heavy atom. The molecule has 0 atom stereocenters. The average molecular weight is 334 g/mol. The highest BCUT2D eigenvalue weighted by Gasteiger charge is 2.21. The summed E-state index contributed by atoms with van der Waals surface area (Å²) in [6.07, 6.45) is 0. The van der Waals surface area contributed by atoms with Crippen LogP contribution in [0.5, 0.6) is 0 Å². The number of benzene rings is 2. The first-order chi connectivity index (χ1) is 11.5. The summed E-state index contributed by atoms with van der Waals surface area (Å²) in [7, 11) is 0. The van der Waals surface area contributed by atoms with Gasteiger partial charge in [0.2, 0.25) is 5.69 Å². The summed E-state index contributed by atoms with van der Waals surface area (Å²) in [5.74, 6) is -0.746. The SMILES string of the molecule is [C-]#[N+]c1cc(-c2cc(C(C)(C)C)cc(C(C)(C)C)c2)cc(C#N)c1F. The van der Waals surface area contributed by atoms with Crippen molar-refractivity contribution in [3.63, 3.8) is 0 Å². The molecule has 0 bridgehead atoms. The minimum absolute atomic E-state index is 0.0449. The molecule has 3 heteroatoms. The van der Waals surface area contributed by atoms with E-state index in [4.69, 9.17) is 6.57 Å². The van der Waals surface area contributed by atoms with Crippen LogP contribution in [0.25, 0.3) is 16.0 Å². The van der Waals surface area contributed by atoms with Gasteiger partial charge in [-0.25, -0.2) is 9.24 Å². The second-order valence-electron chi connectivity index (χ2n) is 8.38. The third-order valence-electron chi connectivity index (χ3n) is 4.29. The topological polar surface area (TPSA) is 28.1 Å². The molecule has 0 spiro atoms. The molecule has 0 saturated carbocycles. The van der Waals surface area contributed by atoms with Gasteiger partial charge in [-0.2, -0.15) is 5.26 Å². The molecule has 0 aromatic heterocycles. The van der Waals surface area contributed by atoms with Gasteiger partial charge in [0.25, 0.3) is 0 Å². The van der Waals surface area contributed by atoms with E-state index >= 15 is 0 Å². The number of rotatable bonds is 1. The van der Waals surface area contributed by atoms with Crippen molar-refractivity contribution in [1.29, 1.82) is 5.26 Å². The monoisotopic (exact) mass is 334 g/mol. The third kappa shape index (κ3) is 3.89. The first-order valence-electron chi connectivity index (χ1n) is 8.25. The Bertz CT molecular complexity index is 830. The Morgan fingerprint density at radius 3 is 1.76 bits per heavy atom. The van der Waals surface area contributed by atoms with Gasteiger partial charge >= 0.3 is 0 Å². The molecule has 2 rings (SSSR count). The Hall–Kier alpha value is -2.65. The zero-order chi connectivity index (χ0) is 19.0. The van der Waals surface area contributed by atoms with Crippen LogP contribution in [0.1, 0.15) is 58.2 Å². The second-order valence-corrected chi connectivity index (χ2v) is 8.38. The van der Waals surface area contributed by atoms with Gasteiger partial charge in [0.1, 0.15) is 11.9 Å². The maximum Gasteiger partial charge on any atom is 0.224 e. The fourth-order valence-corrected chi connectivity index (χ4v) is 2.60. The van der Waals surface area contributed by atoms with Crippen molar-refractivity contribution in [2.75, 3.05) is 0 Å². The van der Waals surface area contributed by atoms with Gasteiger partial charge in [-0.15, -0.1) is 0 Å². The molecule has 0 fully saturated rings. The van der Waals surface area contributed by atoms with Gasteiger partial charge in [-0.1, -0.05) is 59.7 Å². The summed E-state index contributed by atoms with van der Waals surface area (Å²) in [5.41, 5.74) is 3.63. The molecule has 0 saturated heterocycles. The van der Waals surface area contributed by atoms with E-state index in [1.165, 1.54) is 23.3 Å².